The first kappa shape index (κ1) is 28.1. The molecule has 2 aliphatic heterocycles. The highest BCUT2D eigenvalue weighted by molar-refractivity contribution is 6.31. The third-order valence-electron chi connectivity index (χ3n) is 7.37. The highest BCUT2D eigenvalue weighted by Gasteiger charge is 2.24. The standard InChI is InChI=1S/C31H31ClN6O3/c32-26-4-1-3-24(19-26)29(39)35-27-20-25(31(41)38-15-11-34-12-16-38)9-10-28(27)36-13-2-14-37(18-17-36)30(40)23-7-5-22(21-33)6-8-23/h1,3-10,19-20,34H,2,11-18H2,(H,35,39). The van der Waals surface area contributed by atoms with Crippen LogP contribution in [-0.2, 0) is 0 Å². The molecule has 10 heteroatoms. The van der Waals surface area contributed by atoms with Gasteiger partial charge in [-0.1, -0.05) is 17.7 Å². The van der Waals surface area contributed by atoms with E-state index in [0.717, 1.165) is 25.2 Å². The van der Waals surface area contributed by atoms with Crippen molar-refractivity contribution in [2.75, 3.05) is 62.6 Å². The Morgan fingerprint density at radius 2 is 1.49 bits per heavy atom. The summed E-state index contributed by atoms with van der Waals surface area (Å²) in [7, 11) is 0. The third-order valence-corrected chi connectivity index (χ3v) is 7.60. The molecule has 2 N–H and O–H groups in total. The summed E-state index contributed by atoms with van der Waals surface area (Å²) in [6.07, 6.45) is 0.727. The number of piperazine rings is 1. The van der Waals surface area contributed by atoms with Gasteiger partial charge in [0.05, 0.1) is 23.0 Å². The van der Waals surface area contributed by atoms with Gasteiger partial charge in [0, 0.05) is 74.1 Å². The molecule has 5 rings (SSSR count). The second kappa shape index (κ2) is 12.9. The largest absolute Gasteiger partial charge is 0.368 e. The average Bonchev–Trinajstić information content (AvgIpc) is 3.27. The van der Waals surface area contributed by atoms with E-state index in [1.807, 2.05) is 15.9 Å². The van der Waals surface area contributed by atoms with Crippen molar-refractivity contribution in [3.63, 3.8) is 0 Å². The fourth-order valence-corrected chi connectivity index (χ4v) is 5.34. The van der Waals surface area contributed by atoms with Crippen LogP contribution in [0.25, 0.3) is 0 Å². The zero-order chi connectivity index (χ0) is 28.8. The van der Waals surface area contributed by atoms with Gasteiger partial charge in [0.25, 0.3) is 17.7 Å². The molecule has 0 bridgehead atoms. The lowest BCUT2D eigenvalue weighted by Gasteiger charge is -2.29. The summed E-state index contributed by atoms with van der Waals surface area (Å²) in [6, 6.07) is 20.9. The third kappa shape index (κ3) is 6.68. The van der Waals surface area contributed by atoms with Gasteiger partial charge in [0.1, 0.15) is 0 Å². The van der Waals surface area contributed by atoms with Crippen molar-refractivity contribution in [1.82, 2.24) is 15.1 Å². The lowest BCUT2D eigenvalue weighted by molar-refractivity contribution is 0.0734. The highest BCUT2D eigenvalue weighted by Crippen LogP contribution is 2.30. The van der Waals surface area contributed by atoms with Crippen LogP contribution >= 0.6 is 11.6 Å². The van der Waals surface area contributed by atoms with E-state index in [9.17, 15) is 14.4 Å². The van der Waals surface area contributed by atoms with Crippen molar-refractivity contribution in [3.05, 3.63) is 94.0 Å². The van der Waals surface area contributed by atoms with Crippen LogP contribution in [-0.4, -0.2) is 79.9 Å². The SMILES string of the molecule is N#Cc1ccc(C(=O)N2CCCN(c3ccc(C(=O)N4CCNCC4)cc3NC(=O)c3cccc(Cl)c3)CC2)cc1. The van der Waals surface area contributed by atoms with Crippen molar-refractivity contribution in [1.29, 1.82) is 5.26 Å². The maximum Gasteiger partial charge on any atom is 0.255 e. The molecule has 3 amide bonds. The zero-order valence-corrected chi connectivity index (χ0v) is 23.4. The van der Waals surface area contributed by atoms with Crippen LogP contribution in [0.15, 0.2) is 66.7 Å². The van der Waals surface area contributed by atoms with Crippen LogP contribution in [0.5, 0.6) is 0 Å². The Balaban J connectivity index is 1.38. The molecular weight excluding hydrogens is 540 g/mol. The van der Waals surface area contributed by atoms with Gasteiger partial charge in [-0.25, -0.2) is 0 Å². The maximum absolute atomic E-state index is 13.3. The first-order chi connectivity index (χ1) is 19.9. The van der Waals surface area contributed by atoms with Gasteiger partial charge in [-0.05, 0) is 67.1 Å². The monoisotopic (exact) mass is 570 g/mol. The minimum Gasteiger partial charge on any atom is -0.368 e. The summed E-state index contributed by atoms with van der Waals surface area (Å²) >= 11 is 6.12. The number of hydrogen-bond donors (Lipinski definition) is 2. The van der Waals surface area contributed by atoms with E-state index in [1.54, 1.807) is 60.7 Å². The number of rotatable bonds is 5. The molecule has 2 saturated heterocycles. The summed E-state index contributed by atoms with van der Waals surface area (Å²) in [5.74, 6) is -0.484. The number of nitriles is 1. The number of carbonyl (C=O) groups is 3. The van der Waals surface area contributed by atoms with Crippen LogP contribution in [0.2, 0.25) is 5.02 Å². The molecule has 41 heavy (non-hydrogen) atoms. The fourth-order valence-electron chi connectivity index (χ4n) is 5.15. The van der Waals surface area contributed by atoms with Crippen molar-refractivity contribution in [2.45, 2.75) is 6.42 Å². The Morgan fingerprint density at radius 3 is 2.22 bits per heavy atom. The number of hydrogen-bond acceptors (Lipinski definition) is 6. The number of nitrogens with zero attached hydrogens (tertiary/aromatic N) is 4. The Bertz CT molecular complexity index is 1480. The molecule has 3 aromatic rings. The predicted octanol–water partition coefficient (Wildman–Crippen LogP) is 3.86. The summed E-state index contributed by atoms with van der Waals surface area (Å²) in [5, 5.41) is 15.8. The molecule has 3 aromatic carbocycles. The van der Waals surface area contributed by atoms with Gasteiger partial charge in [-0.3, -0.25) is 14.4 Å². The highest BCUT2D eigenvalue weighted by atomic mass is 35.5. The molecule has 0 spiro atoms. The van der Waals surface area contributed by atoms with E-state index in [2.05, 4.69) is 21.6 Å². The van der Waals surface area contributed by atoms with Gasteiger partial charge in [-0.15, -0.1) is 0 Å². The van der Waals surface area contributed by atoms with Gasteiger partial charge in [0.15, 0.2) is 0 Å². The smallest absolute Gasteiger partial charge is 0.255 e. The Morgan fingerprint density at radius 1 is 0.780 bits per heavy atom. The summed E-state index contributed by atoms with van der Waals surface area (Å²) in [5.41, 5.74) is 3.28. The van der Waals surface area contributed by atoms with Gasteiger partial charge in [-0.2, -0.15) is 5.26 Å². The molecule has 0 aromatic heterocycles. The van der Waals surface area contributed by atoms with E-state index in [0.29, 0.717) is 72.2 Å². The van der Waals surface area contributed by atoms with Crippen LogP contribution in [0.4, 0.5) is 11.4 Å². The number of halogens is 1. The maximum atomic E-state index is 13.3. The van der Waals surface area contributed by atoms with Crippen LogP contribution in [0.3, 0.4) is 0 Å². The van der Waals surface area contributed by atoms with Gasteiger partial charge in [0.2, 0.25) is 0 Å². The topological polar surface area (TPSA) is 109 Å². The number of amides is 3. The molecule has 0 atom stereocenters. The lowest BCUT2D eigenvalue weighted by atomic mass is 10.1. The normalized spacial score (nSPS) is 15.6. The fraction of sp³-hybridized carbons (Fsp3) is 0.290. The van der Waals surface area contributed by atoms with E-state index >= 15 is 0 Å². The second-order valence-electron chi connectivity index (χ2n) is 10.1. The number of benzene rings is 3. The van der Waals surface area contributed by atoms with Crippen molar-refractivity contribution < 1.29 is 14.4 Å². The van der Waals surface area contributed by atoms with E-state index in [4.69, 9.17) is 16.9 Å². The van der Waals surface area contributed by atoms with Crippen LogP contribution < -0.4 is 15.5 Å². The molecule has 0 saturated carbocycles. The summed E-state index contributed by atoms with van der Waals surface area (Å²) < 4.78 is 0. The Hall–Kier alpha value is -4.39. The van der Waals surface area contributed by atoms with Crippen LogP contribution in [0, 0.1) is 11.3 Å². The number of anilines is 2. The second-order valence-corrected chi connectivity index (χ2v) is 10.5. The van der Waals surface area contributed by atoms with Crippen molar-refractivity contribution >= 4 is 40.7 Å². The molecule has 0 radical (unpaired) electrons. The molecule has 210 valence electrons. The van der Waals surface area contributed by atoms with Crippen LogP contribution in [0.1, 0.15) is 43.1 Å². The molecule has 2 aliphatic rings. The molecule has 9 nitrogen and oxygen atoms in total. The minimum atomic E-state index is -0.326. The van der Waals surface area contributed by atoms with Gasteiger partial charge >= 0.3 is 0 Å². The average molecular weight is 571 g/mol. The van der Waals surface area contributed by atoms with Gasteiger partial charge < -0.3 is 25.3 Å². The Kier molecular flexibility index (Phi) is 8.82. The summed E-state index contributed by atoms with van der Waals surface area (Å²) in [6.45, 7) is 5.03. The molecule has 2 fully saturated rings. The first-order valence-electron chi connectivity index (χ1n) is 13.7. The summed E-state index contributed by atoms with van der Waals surface area (Å²) in [4.78, 5) is 45.4. The number of nitrogens with one attached hydrogen (secondary N) is 2. The van der Waals surface area contributed by atoms with E-state index in [-0.39, 0.29) is 17.7 Å². The lowest BCUT2D eigenvalue weighted by Crippen LogP contribution is -2.46. The van der Waals surface area contributed by atoms with Crippen molar-refractivity contribution in [2.24, 2.45) is 0 Å². The van der Waals surface area contributed by atoms with E-state index in [1.165, 1.54) is 0 Å². The Labute approximate surface area is 244 Å². The minimum absolute atomic E-state index is 0.0774. The predicted molar refractivity (Wildman–Crippen MR) is 159 cm³/mol. The molecule has 0 unspecified atom stereocenters. The zero-order valence-electron chi connectivity index (χ0n) is 22.6. The molecule has 0 aliphatic carbocycles. The first-order valence-corrected chi connectivity index (χ1v) is 14.1. The quantitative estimate of drug-likeness (QED) is 0.482. The van der Waals surface area contributed by atoms with Crippen molar-refractivity contribution in [3.8, 4) is 6.07 Å². The molecule has 2 heterocycles. The number of carbonyl (C=O) groups excluding carboxylic acids is 3. The molecular formula is C31H31ClN6O3. The van der Waals surface area contributed by atoms with E-state index < -0.39 is 0 Å².